The number of hydrogen-bond donors (Lipinski definition) is 0. The molecule has 0 saturated carbocycles. The predicted octanol–water partition coefficient (Wildman–Crippen LogP) is 5.64. The molecule has 0 fully saturated rings. The molecule has 0 spiro atoms. The summed E-state index contributed by atoms with van der Waals surface area (Å²) in [6.07, 6.45) is 4.07. The Labute approximate surface area is 117 Å². The highest BCUT2D eigenvalue weighted by atomic mass is 19.1. The molecule has 0 aromatic heterocycles. The third-order valence-corrected chi connectivity index (χ3v) is 4.04. The van der Waals surface area contributed by atoms with Gasteiger partial charge in [-0.15, -0.1) is 0 Å². The Kier molecular flexibility index (Phi) is 6.33. The van der Waals surface area contributed by atoms with Crippen molar-refractivity contribution in [2.45, 2.75) is 65.2 Å². The van der Waals surface area contributed by atoms with Crippen molar-refractivity contribution in [3.8, 4) is 5.75 Å². The van der Waals surface area contributed by atoms with Crippen LogP contribution >= 0.6 is 0 Å². The largest absolute Gasteiger partial charge is 0.493 e. The molecular weight excluding hydrogens is 239 g/mol. The second-order valence-electron chi connectivity index (χ2n) is 5.29. The van der Waals surface area contributed by atoms with Crippen LogP contribution in [-0.4, -0.2) is 7.11 Å². The smallest absolute Gasteiger partial charge is 0.168 e. The van der Waals surface area contributed by atoms with Gasteiger partial charge in [0, 0.05) is 5.56 Å². The zero-order valence-electron chi connectivity index (χ0n) is 12.9. The van der Waals surface area contributed by atoms with Gasteiger partial charge in [-0.1, -0.05) is 46.2 Å². The third kappa shape index (κ3) is 3.49. The molecule has 1 rings (SSSR count). The van der Waals surface area contributed by atoms with Gasteiger partial charge in [0.2, 0.25) is 0 Å². The highest BCUT2D eigenvalue weighted by molar-refractivity contribution is 5.42. The van der Waals surface area contributed by atoms with E-state index in [1.807, 2.05) is 6.07 Å². The molecule has 108 valence electrons. The fraction of sp³-hybridized carbons (Fsp3) is 0.647. The van der Waals surface area contributed by atoms with Gasteiger partial charge in [0.05, 0.1) is 7.11 Å². The van der Waals surface area contributed by atoms with Crippen LogP contribution in [0.1, 0.15) is 76.3 Å². The number of methoxy groups -OCH3 is 1. The molecule has 0 amide bonds. The van der Waals surface area contributed by atoms with Gasteiger partial charge in [-0.3, -0.25) is 0 Å². The van der Waals surface area contributed by atoms with Crippen LogP contribution in [0.2, 0.25) is 0 Å². The van der Waals surface area contributed by atoms with Crippen molar-refractivity contribution in [1.29, 1.82) is 0 Å². The van der Waals surface area contributed by atoms with E-state index in [1.165, 1.54) is 0 Å². The maximum Gasteiger partial charge on any atom is 0.168 e. The van der Waals surface area contributed by atoms with Crippen molar-refractivity contribution in [3.05, 3.63) is 29.1 Å². The lowest BCUT2D eigenvalue weighted by atomic mass is 9.89. The van der Waals surface area contributed by atoms with E-state index in [9.17, 15) is 4.39 Å². The predicted molar refractivity (Wildman–Crippen MR) is 79.6 cm³/mol. The van der Waals surface area contributed by atoms with E-state index in [1.54, 1.807) is 7.11 Å². The summed E-state index contributed by atoms with van der Waals surface area (Å²) >= 11 is 0. The van der Waals surface area contributed by atoms with Gasteiger partial charge in [0.15, 0.2) is 11.6 Å². The van der Waals surface area contributed by atoms with Crippen LogP contribution in [0.15, 0.2) is 12.1 Å². The summed E-state index contributed by atoms with van der Waals surface area (Å²) < 4.78 is 20.0. The number of halogens is 1. The Morgan fingerprint density at radius 1 is 1.11 bits per heavy atom. The van der Waals surface area contributed by atoms with E-state index in [0.29, 0.717) is 11.7 Å². The quantitative estimate of drug-likeness (QED) is 0.620. The van der Waals surface area contributed by atoms with Crippen LogP contribution in [0.25, 0.3) is 0 Å². The molecule has 19 heavy (non-hydrogen) atoms. The molecule has 1 nitrogen and oxygen atoms in total. The number of benzene rings is 1. The highest BCUT2D eigenvalue weighted by Gasteiger charge is 2.21. The minimum absolute atomic E-state index is 0.156. The molecule has 0 saturated heterocycles. The Hall–Kier alpha value is -1.05. The van der Waals surface area contributed by atoms with Gasteiger partial charge in [0.1, 0.15) is 0 Å². The van der Waals surface area contributed by atoms with E-state index in [0.717, 1.165) is 36.8 Å². The first kappa shape index (κ1) is 16.0. The first-order chi connectivity index (χ1) is 9.10. The summed E-state index contributed by atoms with van der Waals surface area (Å²) in [5.41, 5.74) is 1.80. The van der Waals surface area contributed by atoms with Gasteiger partial charge < -0.3 is 4.74 Å². The van der Waals surface area contributed by atoms with Crippen LogP contribution in [0.3, 0.4) is 0 Å². The number of hydrogen-bond acceptors (Lipinski definition) is 1. The lowest BCUT2D eigenvalue weighted by Gasteiger charge is -2.20. The SMILES string of the molecule is CCCC(C)c1ccc(C(CC)CC)c(F)c1OC. The number of rotatable bonds is 7. The van der Waals surface area contributed by atoms with Crippen molar-refractivity contribution in [2.75, 3.05) is 7.11 Å². The normalized spacial score (nSPS) is 12.8. The standard InChI is InChI=1S/C17H27FO/c1-6-9-12(4)14-10-11-15(13(7-2)8-3)16(18)17(14)19-5/h10-13H,6-9H2,1-5H3. The highest BCUT2D eigenvalue weighted by Crippen LogP contribution is 2.37. The minimum Gasteiger partial charge on any atom is -0.493 e. The molecule has 0 bridgehead atoms. The molecule has 1 unspecified atom stereocenters. The molecule has 0 radical (unpaired) electrons. The summed E-state index contributed by atoms with van der Waals surface area (Å²) in [5, 5.41) is 0. The first-order valence-corrected chi connectivity index (χ1v) is 7.46. The molecular formula is C17H27FO. The van der Waals surface area contributed by atoms with Crippen LogP contribution in [-0.2, 0) is 0 Å². The second kappa shape index (κ2) is 7.52. The van der Waals surface area contributed by atoms with E-state index in [-0.39, 0.29) is 11.7 Å². The van der Waals surface area contributed by atoms with E-state index >= 15 is 0 Å². The second-order valence-corrected chi connectivity index (χ2v) is 5.29. The molecule has 1 atom stereocenters. The summed E-state index contributed by atoms with van der Waals surface area (Å²) in [5.74, 6) is 0.914. The summed E-state index contributed by atoms with van der Waals surface area (Å²) in [4.78, 5) is 0. The van der Waals surface area contributed by atoms with Crippen molar-refractivity contribution in [3.63, 3.8) is 0 Å². The Morgan fingerprint density at radius 3 is 2.16 bits per heavy atom. The Morgan fingerprint density at radius 2 is 1.68 bits per heavy atom. The first-order valence-electron chi connectivity index (χ1n) is 7.46. The van der Waals surface area contributed by atoms with Crippen molar-refractivity contribution < 1.29 is 9.13 Å². The average Bonchev–Trinajstić information content (AvgIpc) is 2.41. The fourth-order valence-electron chi connectivity index (χ4n) is 2.81. The summed E-state index contributed by atoms with van der Waals surface area (Å²) in [6.45, 7) is 8.50. The van der Waals surface area contributed by atoms with Crippen LogP contribution in [0.4, 0.5) is 4.39 Å². The van der Waals surface area contributed by atoms with Crippen molar-refractivity contribution in [2.24, 2.45) is 0 Å². The van der Waals surface area contributed by atoms with Gasteiger partial charge in [0.25, 0.3) is 0 Å². The van der Waals surface area contributed by atoms with Gasteiger partial charge >= 0.3 is 0 Å². The topological polar surface area (TPSA) is 9.23 Å². The molecule has 1 aromatic carbocycles. The van der Waals surface area contributed by atoms with Crippen LogP contribution < -0.4 is 4.74 Å². The molecule has 0 heterocycles. The summed E-state index contributed by atoms with van der Waals surface area (Å²) in [7, 11) is 1.57. The maximum atomic E-state index is 14.6. The minimum atomic E-state index is -0.156. The van der Waals surface area contributed by atoms with Crippen LogP contribution in [0, 0.1) is 5.82 Å². The van der Waals surface area contributed by atoms with Crippen molar-refractivity contribution in [1.82, 2.24) is 0 Å². The molecule has 0 aliphatic carbocycles. The lowest BCUT2D eigenvalue weighted by Crippen LogP contribution is -2.06. The molecule has 0 aliphatic rings. The molecule has 2 heteroatoms. The Bertz CT molecular complexity index is 396. The fourth-order valence-corrected chi connectivity index (χ4v) is 2.81. The van der Waals surface area contributed by atoms with Gasteiger partial charge in [-0.05, 0) is 36.7 Å². The maximum absolute atomic E-state index is 14.6. The third-order valence-electron chi connectivity index (χ3n) is 4.04. The zero-order valence-corrected chi connectivity index (χ0v) is 12.9. The molecule has 0 N–H and O–H groups in total. The lowest BCUT2D eigenvalue weighted by molar-refractivity contribution is 0.372. The molecule has 0 aliphatic heterocycles. The molecule has 1 aromatic rings. The summed E-state index contributed by atoms with van der Waals surface area (Å²) in [6, 6.07) is 4.01. The average molecular weight is 266 g/mol. The van der Waals surface area contributed by atoms with E-state index in [4.69, 9.17) is 4.74 Å². The van der Waals surface area contributed by atoms with E-state index < -0.39 is 0 Å². The Balaban J connectivity index is 3.22. The van der Waals surface area contributed by atoms with E-state index in [2.05, 4.69) is 33.8 Å². The van der Waals surface area contributed by atoms with Crippen molar-refractivity contribution >= 4 is 0 Å². The number of ether oxygens (including phenoxy) is 1. The van der Waals surface area contributed by atoms with Gasteiger partial charge in [-0.25, -0.2) is 4.39 Å². The monoisotopic (exact) mass is 266 g/mol. The zero-order chi connectivity index (χ0) is 14.4. The van der Waals surface area contributed by atoms with Crippen LogP contribution in [0.5, 0.6) is 5.75 Å². The van der Waals surface area contributed by atoms with Gasteiger partial charge in [-0.2, -0.15) is 0 Å².